The van der Waals surface area contributed by atoms with E-state index >= 15 is 0 Å². The SMILES string of the molecule is COC1=CC(=O)CC(c2ccc3ccccc3c2)C1c1ccc2ccccc2c1. The Kier molecular flexibility index (Phi) is 4.40. The maximum Gasteiger partial charge on any atom is 0.159 e. The summed E-state index contributed by atoms with van der Waals surface area (Å²) in [5.74, 6) is 0.934. The lowest BCUT2D eigenvalue weighted by Gasteiger charge is -2.32. The molecule has 1 aliphatic carbocycles. The summed E-state index contributed by atoms with van der Waals surface area (Å²) in [5.41, 5.74) is 2.36. The largest absolute Gasteiger partial charge is 0.500 e. The van der Waals surface area contributed by atoms with Crippen molar-refractivity contribution in [3.8, 4) is 0 Å². The molecule has 0 spiro atoms. The van der Waals surface area contributed by atoms with Crippen LogP contribution in [0.25, 0.3) is 21.5 Å². The van der Waals surface area contributed by atoms with Gasteiger partial charge in [0, 0.05) is 24.3 Å². The van der Waals surface area contributed by atoms with Crippen LogP contribution in [-0.4, -0.2) is 12.9 Å². The average Bonchev–Trinajstić information content (AvgIpc) is 2.77. The van der Waals surface area contributed by atoms with Crippen LogP contribution in [0.1, 0.15) is 29.4 Å². The zero-order valence-corrected chi connectivity index (χ0v) is 16.3. The number of carbonyl (C=O) groups is 1. The maximum absolute atomic E-state index is 12.5. The highest BCUT2D eigenvalue weighted by atomic mass is 16.5. The van der Waals surface area contributed by atoms with E-state index in [1.165, 1.54) is 32.7 Å². The summed E-state index contributed by atoms with van der Waals surface area (Å²) in [7, 11) is 1.66. The quantitative estimate of drug-likeness (QED) is 0.414. The van der Waals surface area contributed by atoms with Gasteiger partial charge in [0.05, 0.1) is 7.11 Å². The molecule has 0 aromatic heterocycles. The van der Waals surface area contributed by atoms with Gasteiger partial charge in [0.1, 0.15) is 5.76 Å². The molecular weight excluding hydrogens is 356 g/mol. The fraction of sp³-hybridized carbons (Fsp3) is 0.148. The second-order valence-electron chi connectivity index (χ2n) is 7.72. The molecule has 142 valence electrons. The molecule has 2 atom stereocenters. The van der Waals surface area contributed by atoms with Crippen molar-refractivity contribution in [1.82, 2.24) is 0 Å². The zero-order chi connectivity index (χ0) is 19.8. The van der Waals surface area contributed by atoms with Crippen molar-refractivity contribution in [1.29, 1.82) is 0 Å². The molecule has 0 saturated carbocycles. The summed E-state index contributed by atoms with van der Waals surface area (Å²) in [6.45, 7) is 0. The summed E-state index contributed by atoms with van der Waals surface area (Å²) < 4.78 is 5.72. The van der Waals surface area contributed by atoms with Gasteiger partial charge in [0.2, 0.25) is 0 Å². The highest BCUT2D eigenvalue weighted by Crippen LogP contribution is 2.45. The summed E-state index contributed by atoms with van der Waals surface area (Å²) >= 11 is 0. The Hall–Kier alpha value is -3.39. The number of methoxy groups -OCH3 is 1. The first kappa shape index (κ1) is 17.7. The molecule has 0 heterocycles. The number of ether oxygens (including phenoxy) is 1. The van der Waals surface area contributed by atoms with E-state index in [1.54, 1.807) is 13.2 Å². The van der Waals surface area contributed by atoms with Gasteiger partial charge >= 0.3 is 0 Å². The fourth-order valence-corrected chi connectivity index (χ4v) is 4.57. The Morgan fingerprint density at radius 2 is 1.28 bits per heavy atom. The molecule has 0 radical (unpaired) electrons. The van der Waals surface area contributed by atoms with Crippen molar-refractivity contribution in [2.24, 2.45) is 0 Å². The van der Waals surface area contributed by atoms with Crippen LogP contribution in [0.2, 0.25) is 0 Å². The molecule has 2 nitrogen and oxygen atoms in total. The normalized spacial score (nSPS) is 19.3. The molecule has 2 unspecified atom stereocenters. The predicted molar refractivity (Wildman–Crippen MR) is 118 cm³/mol. The van der Waals surface area contributed by atoms with Crippen LogP contribution < -0.4 is 0 Å². The van der Waals surface area contributed by atoms with Crippen molar-refractivity contribution in [3.63, 3.8) is 0 Å². The minimum atomic E-state index is 0.0171. The number of ketones is 1. The number of hydrogen-bond acceptors (Lipinski definition) is 2. The van der Waals surface area contributed by atoms with Crippen molar-refractivity contribution in [2.45, 2.75) is 18.3 Å². The second kappa shape index (κ2) is 7.21. The lowest BCUT2D eigenvalue weighted by Crippen LogP contribution is -2.23. The van der Waals surface area contributed by atoms with Crippen molar-refractivity contribution in [3.05, 3.63) is 108 Å². The molecule has 4 aromatic rings. The minimum Gasteiger partial charge on any atom is -0.500 e. The topological polar surface area (TPSA) is 26.3 Å². The van der Waals surface area contributed by atoms with E-state index < -0.39 is 0 Å². The van der Waals surface area contributed by atoms with Gasteiger partial charge in [0.15, 0.2) is 5.78 Å². The third-order valence-corrected chi connectivity index (χ3v) is 6.00. The Morgan fingerprint density at radius 3 is 1.90 bits per heavy atom. The van der Waals surface area contributed by atoms with Gasteiger partial charge in [0.25, 0.3) is 0 Å². The lowest BCUT2D eigenvalue weighted by molar-refractivity contribution is -0.115. The summed E-state index contributed by atoms with van der Waals surface area (Å²) in [4.78, 5) is 12.5. The van der Waals surface area contributed by atoms with E-state index in [2.05, 4.69) is 84.9 Å². The molecule has 1 aliphatic rings. The average molecular weight is 378 g/mol. The monoisotopic (exact) mass is 378 g/mol. The Labute approximate surface area is 170 Å². The molecule has 0 aliphatic heterocycles. The first-order chi connectivity index (χ1) is 14.2. The number of fused-ring (bicyclic) bond motifs is 2. The van der Waals surface area contributed by atoms with Crippen molar-refractivity contribution < 1.29 is 9.53 Å². The predicted octanol–water partition coefficient (Wildman–Crippen LogP) is 6.36. The maximum atomic E-state index is 12.5. The van der Waals surface area contributed by atoms with Gasteiger partial charge in [-0.15, -0.1) is 0 Å². The van der Waals surface area contributed by atoms with E-state index in [0.29, 0.717) is 6.42 Å². The summed E-state index contributed by atoms with van der Waals surface area (Å²) in [5, 5.41) is 4.83. The molecule has 4 aromatic carbocycles. The molecule has 0 N–H and O–H groups in total. The Balaban J connectivity index is 1.66. The van der Waals surface area contributed by atoms with E-state index in [0.717, 1.165) is 5.76 Å². The summed E-state index contributed by atoms with van der Waals surface area (Å²) in [6.07, 6.45) is 2.17. The Bertz CT molecular complexity index is 1250. The molecule has 2 heteroatoms. The standard InChI is InChI=1S/C27H22O2/c1-29-26-17-24(28)16-25(22-12-10-18-6-2-4-8-20(18)14-22)27(26)23-13-11-19-7-3-5-9-21(19)15-23/h2-15,17,25,27H,16H2,1H3. The molecule has 0 fully saturated rings. The van der Waals surface area contributed by atoms with E-state index in [-0.39, 0.29) is 17.6 Å². The van der Waals surface area contributed by atoms with Gasteiger partial charge in [-0.05, 0) is 32.7 Å². The van der Waals surface area contributed by atoms with Crippen LogP contribution in [0.3, 0.4) is 0 Å². The van der Waals surface area contributed by atoms with Crippen molar-refractivity contribution in [2.75, 3.05) is 7.11 Å². The molecule has 0 bridgehead atoms. The van der Waals surface area contributed by atoms with Gasteiger partial charge in [-0.1, -0.05) is 84.9 Å². The van der Waals surface area contributed by atoms with Gasteiger partial charge in [-0.3, -0.25) is 4.79 Å². The second-order valence-corrected chi connectivity index (χ2v) is 7.72. The number of benzene rings is 4. The lowest BCUT2D eigenvalue weighted by atomic mass is 9.73. The van der Waals surface area contributed by atoms with Crippen LogP contribution in [0.4, 0.5) is 0 Å². The first-order valence-corrected chi connectivity index (χ1v) is 9.99. The van der Waals surface area contributed by atoms with E-state index in [9.17, 15) is 4.79 Å². The third kappa shape index (κ3) is 3.21. The number of rotatable bonds is 3. The van der Waals surface area contributed by atoms with Crippen LogP contribution in [0, 0.1) is 0 Å². The Morgan fingerprint density at radius 1 is 0.724 bits per heavy atom. The molecular formula is C27H22O2. The number of allylic oxidation sites excluding steroid dienone is 2. The summed E-state index contributed by atoms with van der Waals surface area (Å²) in [6, 6.07) is 29.8. The van der Waals surface area contributed by atoms with Crippen LogP contribution in [0.5, 0.6) is 0 Å². The van der Waals surface area contributed by atoms with E-state index in [4.69, 9.17) is 4.74 Å². The van der Waals surface area contributed by atoms with Crippen LogP contribution >= 0.6 is 0 Å². The van der Waals surface area contributed by atoms with Crippen LogP contribution in [0.15, 0.2) is 96.8 Å². The van der Waals surface area contributed by atoms with Gasteiger partial charge in [-0.2, -0.15) is 0 Å². The molecule has 0 saturated heterocycles. The van der Waals surface area contributed by atoms with E-state index in [1.807, 2.05) is 0 Å². The fourth-order valence-electron chi connectivity index (χ4n) is 4.57. The smallest absolute Gasteiger partial charge is 0.159 e. The molecule has 5 rings (SSSR count). The third-order valence-electron chi connectivity index (χ3n) is 6.00. The first-order valence-electron chi connectivity index (χ1n) is 9.99. The number of carbonyl (C=O) groups excluding carboxylic acids is 1. The highest BCUT2D eigenvalue weighted by molar-refractivity contribution is 5.93. The highest BCUT2D eigenvalue weighted by Gasteiger charge is 2.35. The zero-order valence-electron chi connectivity index (χ0n) is 16.3. The van der Waals surface area contributed by atoms with Crippen LogP contribution in [-0.2, 0) is 9.53 Å². The van der Waals surface area contributed by atoms with Gasteiger partial charge in [-0.25, -0.2) is 0 Å². The molecule has 0 amide bonds. The number of hydrogen-bond donors (Lipinski definition) is 0. The minimum absolute atomic E-state index is 0.0171. The van der Waals surface area contributed by atoms with Crippen molar-refractivity contribution >= 4 is 27.3 Å². The van der Waals surface area contributed by atoms with Gasteiger partial charge < -0.3 is 4.74 Å². The molecule has 29 heavy (non-hydrogen) atoms.